The van der Waals surface area contributed by atoms with Gasteiger partial charge in [-0.3, -0.25) is 9.48 Å². The molecule has 1 amide bonds. The summed E-state index contributed by atoms with van der Waals surface area (Å²) in [6.45, 7) is 0.648. The first-order valence-electron chi connectivity index (χ1n) is 9.22. The van der Waals surface area contributed by atoms with Crippen LogP contribution in [0.3, 0.4) is 0 Å². The second kappa shape index (κ2) is 9.47. The van der Waals surface area contributed by atoms with Crippen molar-refractivity contribution in [1.82, 2.24) is 9.78 Å². The number of aromatic nitrogens is 2. The highest BCUT2D eigenvalue weighted by Crippen LogP contribution is 2.28. The van der Waals surface area contributed by atoms with Crippen LogP contribution in [0.5, 0.6) is 5.75 Å². The molecule has 6 nitrogen and oxygen atoms in total. The Kier molecular flexibility index (Phi) is 6.51. The topological polar surface area (TPSA) is 69.3 Å². The van der Waals surface area contributed by atoms with E-state index in [1.807, 2.05) is 24.3 Å². The molecule has 4 aromatic rings. The standard InChI is InChI=1S/C22H16Cl3N3O3/c23-15-3-1-2-14(10-15)12-28-9-8-21(27-28)26-22(29)20-7-5-17(31-20)13-30-19-6-4-16(24)11-18(19)25/h1-11H,12-13H2,(H,26,27,29). The smallest absolute Gasteiger partial charge is 0.292 e. The van der Waals surface area contributed by atoms with Crippen LogP contribution >= 0.6 is 34.8 Å². The van der Waals surface area contributed by atoms with E-state index in [4.69, 9.17) is 44.0 Å². The average molecular weight is 477 g/mol. The van der Waals surface area contributed by atoms with E-state index in [9.17, 15) is 4.79 Å². The number of ether oxygens (including phenoxy) is 1. The molecule has 2 aromatic heterocycles. The number of nitrogens with zero attached hydrogens (tertiary/aromatic N) is 2. The summed E-state index contributed by atoms with van der Waals surface area (Å²) in [6, 6.07) is 17.4. The van der Waals surface area contributed by atoms with Gasteiger partial charge < -0.3 is 14.5 Å². The van der Waals surface area contributed by atoms with Crippen molar-refractivity contribution in [3.8, 4) is 5.75 Å². The first-order valence-corrected chi connectivity index (χ1v) is 10.4. The SMILES string of the molecule is O=C(Nc1ccn(Cc2cccc(Cl)c2)n1)c1ccc(COc2ccc(Cl)cc2Cl)o1. The summed E-state index contributed by atoms with van der Waals surface area (Å²) in [5, 5.41) is 8.63. The van der Waals surface area contributed by atoms with Crippen LogP contribution in [-0.2, 0) is 13.2 Å². The maximum absolute atomic E-state index is 12.5. The van der Waals surface area contributed by atoms with Gasteiger partial charge in [0.25, 0.3) is 5.91 Å². The molecule has 0 aliphatic carbocycles. The van der Waals surface area contributed by atoms with Crippen molar-refractivity contribution in [2.45, 2.75) is 13.2 Å². The van der Waals surface area contributed by atoms with Gasteiger partial charge in [0.2, 0.25) is 0 Å². The Morgan fingerprint density at radius 1 is 1.03 bits per heavy atom. The number of benzene rings is 2. The van der Waals surface area contributed by atoms with E-state index in [1.54, 1.807) is 47.3 Å². The zero-order valence-corrected chi connectivity index (χ0v) is 18.3. The summed E-state index contributed by atoms with van der Waals surface area (Å²) < 4.78 is 12.9. The molecule has 0 unspecified atom stereocenters. The molecule has 0 saturated carbocycles. The third-order valence-electron chi connectivity index (χ3n) is 4.27. The van der Waals surface area contributed by atoms with Gasteiger partial charge in [0, 0.05) is 22.3 Å². The van der Waals surface area contributed by atoms with Gasteiger partial charge in [0.05, 0.1) is 11.6 Å². The fourth-order valence-electron chi connectivity index (χ4n) is 2.84. The highest BCUT2D eigenvalue weighted by Gasteiger charge is 2.14. The molecule has 0 spiro atoms. The number of hydrogen-bond donors (Lipinski definition) is 1. The molecule has 1 N–H and O–H groups in total. The highest BCUT2D eigenvalue weighted by molar-refractivity contribution is 6.35. The van der Waals surface area contributed by atoms with Crippen molar-refractivity contribution in [3.63, 3.8) is 0 Å². The maximum atomic E-state index is 12.5. The number of carbonyl (C=O) groups is 1. The summed E-state index contributed by atoms with van der Waals surface area (Å²) in [5.74, 6) is 1.09. The molecule has 0 aliphatic heterocycles. The number of carbonyl (C=O) groups excluding carboxylic acids is 1. The zero-order chi connectivity index (χ0) is 21.8. The molecule has 0 fully saturated rings. The van der Waals surface area contributed by atoms with E-state index in [1.165, 1.54) is 0 Å². The molecule has 0 saturated heterocycles. The molecule has 2 aromatic carbocycles. The molecule has 0 bridgehead atoms. The van der Waals surface area contributed by atoms with Crippen LogP contribution < -0.4 is 10.1 Å². The first-order chi connectivity index (χ1) is 15.0. The zero-order valence-electron chi connectivity index (χ0n) is 16.0. The lowest BCUT2D eigenvalue weighted by atomic mass is 10.2. The highest BCUT2D eigenvalue weighted by atomic mass is 35.5. The van der Waals surface area contributed by atoms with Crippen molar-refractivity contribution in [3.05, 3.63) is 99.0 Å². The van der Waals surface area contributed by atoms with Crippen molar-refractivity contribution in [2.75, 3.05) is 5.32 Å². The summed E-state index contributed by atoms with van der Waals surface area (Å²) in [4.78, 5) is 12.5. The second-order valence-corrected chi connectivity index (χ2v) is 7.89. The number of hydrogen-bond acceptors (Lipinski definition) is 4. The average Bonchev–Trinajstić information content (AvgIpc) is 3.37. The Morgan fingerprint density at radius 2 is 1.87 bits per heavy atom. The van der Waals surface area contributed by atoms with Crippen LogP contribution in [0.4, 0.5) is 5.82 Å². The molecule has 0 atom stereocenters. The van der Waals surface area contributed by atoms with Crippen LogP contribution in [0.1, 0.15) is 21.9 Å². The molecule has 158 valence electrons. The van der Waals surface area contributed by atoms with Gasteiger partial charge in [-0.25, -0.2) is 0 Å². The van der Waals surface area contributed by atoms with E-state index in [0.717, 1.165) is 5.56 Å². The van der Waals surface area contributed by atoms with E-state index in [-0.39, 0.29) is 12.4 Å². The van der Waals surface area contributed by atoms with E-state index < -0.39 is 5.91 Å². The van der Waals surface area contributed by atoms with Crippen molar-refractivity contribution >= 4 is 46.5 Å². The van der Waals surface area contributed by atoms with Gasteiger partial charge >= 0.3 is 0 Å². The Bertz CT molecular complexity index is 1220. The van der Waals surface area contributed by atoms with Crippen LogP contribution in [0, 0.1) is 0 Å². The molecule has 9 heteroatoms. The molecule has 31 heavy (non-hydrogen) atoms. The number of halogens is 3. The monoisotopic (exact) mass is 475 g/mol. The fourth-order valence-corrected chi connectivity index (χ4v) is 3.51. The van der Waals surface area contributed by atoms with Crippen LogP contribution in [0.2, 0.25) is 15.1 Å². The minimum atomic E-state index is -0.413. The molecule has 4 rings (SSSR count). The van der Waals surface area contributed by atoms with Gasteiger partial charge in [-0.05, 0) is 48.0 Å². The lowest BCUT2D eigenvalue weighted by Gasteiger charge is -2.06. The summed E-state index contributed by atoms with van der Waals surface area (Å²) >= 11 is 18.0. The summed E-state index contributed by atoms with van der Waals surface area (Å²) in [6.07, 6.45) is 1.77. The number of furan rings is 1. The minimum Gasteiger partial charge on any atom is -0.484 e. The van der Waals surface area contributed by atoms with E-state index in [0.29, 0.717) is 38.9 Å². The number of nitrogens with one attached hydrogen (secondary N) is 1. The van der Waals surface area contributed by atoms with Gasteiger partial charge in [-0.1, -0.05) is 46.9 Å². The summed E-state index contributed by atoms with van der Waals surface area (Å²) in [5.41, 5.74) is 1.00. The summed E-state index contributed by atoms with van der Waals surface area (Å²) in [7, 11) is 0. The minimum absolute atomic E-state index is 0.114. The quantitative estimate of drug-likeness (QED) is 0.339. The van der Waals surface area contributed by atoms with Gasteiger partial charge in [-0.15, -0.1) is 0 Å². The normalized spacial score (nSPS) is 10.8. The van der Waals surface area contributed by atoms with E-state index in [2.05, 4.69) is 10.4 Å². The predicted molar refractivity (Wildman–Crippen MR) is 120 cm³/mol. The molecule has 2 heterocycles. The Morgan fingerprint density at radius 3 is 2.68 bits per heavy atom. The second-order valence-electron chi connectivity index (χ2n) is 6.61. The number of rotatable bonds is 7. The predicted octanol–water partition coefficient (Wildman–Crippen LogP) is 6.32. The van der Waals surface area contributed by atoms with Gasteiger partial charge in [-0.2, -0.15) is 5.10 Å². The van der Waals surface area contributed by atoms with Crippen LogP contribution in [0.15, 0.2) is 71.3 Å². The molecule has 0 aliphatic rings. The molecular weight excluding hydrogens is 461 g/mol. The fraction of sp³-hybridized carbons (Fsp3) is 0.0909. The van der Waals surface area contributed by atoms with Crippen molar-refractivity contribution < 1.29 is 13.9 Å². The largest absolute Gasteiger partial charge is 0.484 e. The molecular formula is C22H16Cl3N3O3. The van der Waals surface area contributed by atoms with Crippen molar-refractivity contribution in [2.24, 2.45) is 0 Å². The van der Waals surface area contributed by atoms with Gasteiger partial charge in [0.15, 0.2) is 11.6 Å². The third kappa shape index (κ3) is 5.61. The third-order valence-corrected chi connectivity index (χ3v) is 5.03. The first kappa shape index (κ1) is 21.3. The Labute approximate surface area is 193 Å². The lowest BCUT2D eigenvalue weighted by molar-refractivity contribution is 0.0992. The Balaban J connectivity index is 1.34. The molecule has 0 radical (unpaired) electrons. The maximum Gasteiger partial charge on any atom is 0.292 e. The number of anilines is 1. The van der Waals surface area contributed by atoms with Gasteiger partial charge in [0.1, 0.15) is 18.1 Å². The van der Waals surface area contributed by atoms with Crippen molar-refractivity contribution in [1.29, 1.82) is 0 Å². The van der Waals surface area contributed by atoms with Crippen LogP contribution in [0.25, 0.3) is 0 Å². The van der Waals surface area contributed by atoms with E-state index >= 15 is 0 Å². The number of amides is 1. The lowest BCUT2D eigenvalue weighted by Crippen LogP contribution is -2.12. The Hall–Kier alpha value is -2.93. The van der Waals surface area contributed by atoms with Crippen LogP contribution in [-0.4, -0.2) is 15.7 Å².